The Balaban J connectivity index is 1.42. The third-order valence-corrected chi connectivity index (χ3v) is 4.45. The summed E-state index contributed by atoms with van der Waals surface area (Å²) >= 11 is 0. The van der Waals surface area contributed by atoms with E-state index in [1.54, 1.807) is 12.1 Å². The Hall–Kier alpha value is -2.89. The Morgan fingerprint density at radius 1 is 1.15 bits per heavy atom. The van der Waals surface area contributed by atoms with Gasteiger partial charge in [0.15, 0.2) is 18.2 Å². The Labute approximate surface area is 151 Å². The van der Waals surface area contributed by atoms with Gasteiger partial charge < -0.3 is 15.0 Å². The molecule has 1 fully saturated rings. The van der Waals surface area contributed by atoms with Crippen molar-refractivity contribution in [2.75, 3.05) is 19.7 Å². The standard InChI is InChI=1S/C20H21FN2O3/c1-14(15-7-3-2-4-8-15)22-20(25)16-11-23(12-16)19(24)13-26-18-10-6-5-9-17(18)21/h2-10,14,16H,11-13H2,1H3,(H,22,25). The molecule has 2 amide bonds. The van der Waals surface area contributed by atoms with Gasteiger partial charge in [0.2, 0.25) is 5.91 Å². The van der Waals surface area contributed by atoms with Gasteiger partial charge in [0.1, 0.15) is 0 Å². The zero-order valence-electron chi connectivity index (χ0n) is 14.5. The minimum atomic E-state index is -0.504. The maximum Gasteiger partial charge on any atom is 0.260 e. The van der Waals surface area contributed by atoms with Crippen LogP contribution in [0.4, 0.5) is 4.39 Å². The second kappa shape index (κ2) is 7.99. The molecular weight excluding hydrogens is 335 g/mol. The summed E-state index contributed by atoms with van der Waals surface area (Å²) in [5.74, 6) is -1.00. The molecule has 1 aliphatic heterocycles. The van der Waals surface area contributed by atoms with Crippen molar-refractivity contribution in [2.24, 2.45) is 5.92 Å². The Morgan fingerprint density at radius 2 is 1.81 bits per heavy atom. The fraction of sp³-hybridized carbons (Fsp3) is 0.300. The molecule has 1 heterocycles. The average Bonchev–Trinajstić information content (AvgIpc) is 2.60. The van der Waals surface area contributed by atoms with Crippen LogP contribution in [0.1, 0.15) is 18.5 Å². The van der Waals surface area contributed by atoms with Gasteiger partial charge in [-0.2, -0.15) is 0 Å². The summed E-state index contributed by atoms with van der Waals surface area (Å²) in [6.45, 7) is 2.40. The SMILES string of the molecule is CC(NC(=O)C1CN(C(=O)COc2ccccc2F)C1)c1ccccc1. The Bertz CT molecular complexity index is 776. The monoisotopic (exact) mass is 356 g/mol. The van der Waals surface area contributed by atoms with Crippen LogP contribution in [0.2, 0.25) is 0 Å². The van der Waals surface area contributed by atoms with Crippen LogP contribution in [0, 0.1) is 11.7 Å². The molecule has 0 radical (unpaired) electrons. The van der Waals surface area contributed by atoms with Crippen molar-refractivity contribution < 1.29 is 18.7 Å². The molecule has 1 aliphatic rings. The molecule has 26 heavy (non-hydrogen) atoms. The first-order valence-electron chi connectivity index (χ1n) is 8.55. The van der Waals surface area contributed by atoms with Crippen LogP contribution < -0.4 is 10.1 Å². The highest BCUT2D eigenvalue weighted by atomic mass is 19.1. The van der Waals surface area contributed by atoms with Crippen LogP contribution >= 0.6 is 0 Å². The molecule has 136 valence electrons. The number of hydrogen-bond donors (Lipinski definition) is 1. The van der Waals surface area contributed by atoms with E-state index in [1.807, 2.05) is 37.3 Å². The largest absolute Gasteiger partial charge is 0.481 e. The van der Waals surface area contributed by atoms with Gasteiger partial charge in [-0.05, 0) is 24.6 Å². The van der Waals surface area contributed by atoms with Crippen LogP contribution in [0.3, 0.4) is 0 Å². The molecule has 0 aliphatic carbocycles. The first-order chi connectivity index (χ1) is 12.5. The van der Waals surface area contributed by atoms with Crippen molar-refractivity contribution in [1.29, 1.82) is 0 Å². The molecule has 1 unspecified atom stereocenters. The number of benzene rings is 2. The predicted octanol–water partition coefficient (Wildman–Crippen LogP) is 2.54. The quantitative estimate of drug-likeness (QED) is 0.865. The van der Waals surface area contributed by atoms with Gasteiger partial charge in [-0.1, -0.05) is 42.5 Å². The summed E-state index contributed by atoms with van der Waals surface area (Å²) in [7, 11) is 0. The van der Waals surface area contributed by atoms with Crippen LogP contribution in [0.5, 0.6) is 5.75 Å². The van der Waals surface area contributed by atoms with Crippen LogP contribution in [-0.2, 0) is 9.59 Å². The third kappa shape index (κ3) is 4.20. The van der Waals surface area contributed by atoms with Crippen LogP contribution in [0.15, 0.2) is 54.6 Å². The van der Waals surface area contributed by atoms with E-state index in [2.05, 4.69) is 5.32 Å². The second-order valence-corrected chi connectivity index (χ2v) is 6.36. The molecule has 0 saturated carbocycles. The normalized spacial score (nSPS) is 15.1. The Kier molecular flexibility index (Phi) is 5.51. The number of nitrogens with zero attached hydrogens (tertiary/aromatic N) is 1. The molecule has 0 bridgehead atoms. The molecule has 0 spiro atoms. The number of likely N-dealkylation sites (tertiary alicyclic amines) is 1. The van der Waals surface area contributed by atoms with Crippen LogP contribution in [-0.4, -0.2) is 36.4 Å². The Morgan fingerprint density at radius 3 is 2.50 bits per heavy atom. The highest BCUT2D eigenvalue weighted by Crippen LogP contribution is 2.20. The zero-order valence-corrected chi connectivity index (χ0v) is 14.5. The van der Waals surface area contributed by atoms with E-state index in [9.17, 15) is 14.0 Å². The summed E-state index contributed by atoms with van der Waals surface area (Å²) in [6, 6.07) is 15.6. The van der Waals surface area contributed by atoms with E-state index in [4.69, 9.17) is 4.74 Å². The predicted molar refractivity (Wildman–Crippen MR) is 95.0 cm³/mol. The van der Waals surface area contributed by atoms with Gasteiger partial charge in [0, 0.05) is 13.1 Å². The lowest BCUT2D eigenvalue weighted by molar-refractivity contribution is -0.144. The number of amides is 2. The van der Waals surface area contributed by atoms with Gasteiger partial charge in [-0.3, -0.25) is 9.59 Å². The number of halogens is 1. The second-order valence-electron chi connectivity index (χ2n) is 6.36. The van der Waals surface area contributed by atoms with Gasteiger partial charge >= 0.3 is 0 Å². The molecular formula is C20H21FN2O3. The highest BCUT2D eigenvalue weighted by Gasteiger charge is 2.36. The van der Waals surface area contributed by atoms with E-state index in [-0.39, 0.29) is 36.1 Å². The van der Waals surface area contributed by atoms with Crippen molar-refractivity contribution in [3.63, 3.8) is 0 Å². The van der Waals surface area contributed by atoms with Gasteiger partial charge in [-0.15, -0.1) is 0 Å². The number of hydrogen-bond acceptors (Lipinski definition) is 3. The summed E-state index contributed by atoms with van der Waals surface area (Å²) in [5.41, 5.74) is 1.03. The zero-order chi connectivity index (χ0) is 18.5. The summed E-state index contributed by atoms with van der Waals surface area (Å²) in [6.07, 6.45) is 0. The molecule has 5 nitrogen and oxygen atoms in total. The van der Waals surface area contributed by atoms with E-state index >= 15 is 0 Å². The van der Waals surface area contributed by atoms with Crippen molar-refractivity contribution in [3.05, 3.63) is 66.0 Å². The summed E-state index contributed by atoms with van der Waals surface area (Å²) in [4.78, 5) is 25.9. The minimum Gasteiger partial charge on any atom is -0.481 e. The number of carbonyl (C=O) groups excluding carboxylic acids is 2. The fourth-order valence-corrected chi connectivity index (χ4v) is 2.80. The number of carbonyl (C=O) groups is 2. The van der Waals surface area contributed by atoms with Crippen LogP contribution in [0.25, 0.3) is 0 Å². The lowest BCUT2D eigenvalue weighted by Crippen LogP contribution is -2.56. The molecule has 6 heteroatoms. The molecule has 1 saturated heterocycles. The first-order valence-corrected chi connectivity index (χ1v) is 8.55. The fourth-order valence-electron chi connectivity index (χ4n) is 2.80. The smallest absolute Gasteiger partial charge is 0.260 e. The van der Waals surface area contributed by atoms with Gasteiger partial charge in [-0.25, -0.2) is 4.39 Å². The summed E-state index contributed by atoms with van der Waals surface area (Å²) < 4.78 is 18.7. The number of para-hydroxylation sites is 1. The first kappa shape index (κ1) is 17.9. The molecule has 1 N–H and O–H groups in total. The number of rotatable bonds is 6. The van der Waals surface area contributed by atoms with Crippen molar-refractivity contribution in [1.82, 2.24) is 10.2 Å². The molecule has 2 aromatic carbocycles. The van der Waals surface area contributed by atoms with E-state index in [0.29, 0.717) is 13.1 Å². The van der Waals surface area contributed by atoms with Gasteiger partial charge in [0.05, 0.1) is 12.0 Å². The molecule has 1 atom stereocenters. The van der Waals surface area contributed by atoms with E-state index in [1.165, 1.54) is 17.0 Å². The van der Waals surface area contributed by atoms with E-state index < -0.39 is 5.82 Å². The average molecular weight is 356 g/mol. The molecule has 0 aromatic heterocycles. The summed E-state index contributed by atoms with van der Waals surface area (Å²) in [5, 5.41) is 2.97. The topological polar surface area (TPSA) is 58.6 Å². The third-order valence-electron chi connectivity index (χ3n) is 4.45. The molecule has 3 rings (SSSR count). The maximum absolute atomic E-state index is 13.5. The van der Waals surface area contributed by atoms with Crippen molar-refractivity contribution in [3.8, 4) is 5.75 Å². The van der Waals surface area contributed by atoms with Gasteiger partial charge in [0.25, 0.3) is 5.91 Å². The van der Waals surface area contributed by atoms with Crippen molar-refractivity contribution >= 4 is 11.8 Å². The number of ether oxygens (including phenoxy) is 1. The maximum atomic E-state index is 13.5. The minimum absolute atomic E-state index is 0.0485. The van der Waals surface area contributed by atoms with Crippen molar-refractivity contribution in [2.45, 2.75) is 13.0 Å². The van der Waals surface area contributed by atoms with E-state index in [0.717, 1.165) is 5.56 Å². The molecule has 2 aromatic rings. The lowest BCUT2D eigenvalue weighted by atomic mass is 9.98. The highest BCUT2D eigenvalue weighted by molar-refractivity contribution is 5.85. The lowest BCUT2D eigenvalue weighted by Gasteiger charge is -2.38. The number of nitrogens with one attached hydrogen (secondary N) is 1.